The second-order valence-electron chi connectivity index (χ2n) is 4.51. The van der Waals surface area contributed by atoms with Crippen molar-refractivity contribution in [2.24, 2.45) is 0 Å². The van der Waals surface area contributed by atoms with Gasteiger partial charge in [0.25, 0.3) is 0 Å². The van der Waals surface area contributed by atoms with Crippen LogP contribution < -0.4 is 5.73 Å². The number of anilines is 1. The Labute approximate surface area is 119 Å². The molecule has 0 saturated heterocycles. The molecule has 2 aromatic carbocycles. The fourth-order valence-electron chi connectivity index (χ4n) is 1.93. The molecule has 0 radical (unpaired) electrons. The Hall–Kier alpha value is -2.76. The topological polar surface area (TPSA) is 64.9 Å². The molecule has 0 amide bonds. The molecule has 6 heteroatoms. The lowest BCUT2D eigenvalue weighted by Gasteiger charge is -2.00. The predicted octanol–water partition coefficient (Wildman–Crippen LogP) is 3.19. The SMILES string of the molecule is Nc1ccc(-c2noc(Cc3c(F)cccc3F)n2)cc1. The normalized spacial score (nSPS) is 10.8. The summed E-state index contributed by atoms with van der Waals surface area (Å²) in [4.78, 5) is 4.14. The summed E-state index contributed by atoms with van der Waals surface area (Å²) in [6.45, 7) is 0. The van der Waals surface area contributed by atoms with Crippen LogP contribution in [0.2, 0.25) is 0 Å². The van der Waals surface area contributed by atoms with Crippen molar-refractivity contribution in [3.8, 4) is 11.4 Å². The zero-order valence-electron chi connectivity index (χ0n) is 10.9. The number of nitrogen functional groups attached to an aromatic ring is 1. The maximum Gasteiger partial charge on any atom is 0.231 e. The van der Waals surface area contributed by atoms with Crippen LogP contribution in [0.1, 0.15) is 11.5 Å². The summed E-state index contributed by atoms with van der Waals surface area (Å²) in [6, 6.07) is 10.6. The molecule has 21 heavy (non-hydrogen) atoms. The first-order chi connectivity index (χ1) is 10.1. The van der Waals surface area contributed by atoms with E-state index in [1.54, 1.807) is 24.3 Å². The smallest absolute Gasteiger partial charge is 0.231 e. The molecule has 0 spiro atoms. The monoisotopic (exact) mass is 287 g/mol. The molecule has 0 aliphatic carbocycles. The third-order valence-electron chi connectivity index (χ3n) is 3.03. The summed E-state index contributed by atoms with van der Waals surface area (Å²) < 4.78 is 32.2. The molecule has 3 rings (SSSR count). The molecule has 0 aliphatic rings. The number of nitrogens with zero attached hydrogens (tertiary/aromatic N) is 2. The molecule has 0 bridgehead atoms. The molecule has 0 saturated carbocycles. The number of halogens is 2. The second-order valence-corrected chi connectivity index (χ2v) is 4.51. The van der Waals surface area contributed by atoms with Crippen molar-refractivity contribution in [3.63, 3.8) is 0 Å². The van der Waals surface area contributed by atoms with Crippen LogP contribution in [0.3, 0.4) is 0 Å². The molecule has 0 atom stereocenters. The third-order valence-corrected chi connectivity index (χ3v) is 3.03. The molecule has 0 aliphatic heterocycles. The first-order valence-corrected chi connectivity index (χ1v) is 6.25. The van der Waals surface area contributed by atoms with Gasteiger partial charge in [0, 0.05) is 16.8 Å². The fraction of sp³-hybridized carbons (Fsp3) is 0.0667. The standard InChI is InChI=1S/C15H11F2N3O/c16-12-2-1-3-13(17)11(12)8-14-19-15(20-21-14)9-4-6-10(18)7-5-9/h1-7H,8,18H2. The summed E-state index contributed by atoms with van der Waals surface area (Å²) in [5.74, 6) is -0.781. The first kappa shape index (κ1) is 13.2. The lowest BCUT2D eigenvalue weighted by Crippen LogP contribution is -1.97. The van der Waals surface area contributed by atoms with Gasteiger partial charge in [-0.1, -0.05) is 11.2 Å². The van der Waals surface area contributed by atoms with E-state index < -0.39 is 11.6 Å². The average molecular weight is 287 g/mol. The lowest BCUT2D eigenvalue weighted by atomic mass is 10.1. The summed E-state index contributed by atoms with van der Waals surface area (Å²) in [5, 5.41) is 3.80. The van der Waals surface area contributed by atoms with E-state index in [9.17, 15) is 8.78 Å². The summed E-state index contributed by atoms with van der Waals surface area (Å²) >= 11 is 0. The van der Waals surface area contributed by atoms with Gasteiger partial charge in [0.1, 0.15) is 11.6 Å². The lowest BCUT2D eigenvalue weighted by molar-refractivity contribution is 0.382. The van der Waals surface area contributed by atoms with Crippen LogP contribution in [0.5, 0.6) is 0 Å². The van der Waals surface area contributed by atoms with Crippen molar-refractivity contribution in [1.29, 1.82) is 0 Å². The molecular formula is C15H11F2N3O. The molecular weight excluding hydrogens is 276 g/mol. The minimum Gasteiger partial charge on any atom is -0.399 e. The van der Waals surface area contributed by atoms with Gasteiger partial charge in [0.2, 0.25) is 11.7 Å². The van der Waals surface area contributed by atoms with E-state index in [1.165, 1.54) is 18.2 Å². The van der Waals surface area contributed by atoms with Gasteiger partial charge in [-0.15, -0.1) is 0 Å². The van der Waals surface area contributed by atoms with Gasteiger partial charge in [-0.2, -0.15) is 4.98 Å². The molecule has 3 aromatic rings. The fourth-order valence-corrected chi connectivity index (χ4v) is 1.93. The minimum atomic E-state index is -0.637. The van der Waals surface area contributed by atoms with Crippen molar-refractivity contribution < 1.29 is 13.3 Å². The molecule has 1 heterocycles. The Kier molecular flexibility index (Phi) is 3.35. The van der Waals surface area contributed by atoms with E-state index in [0.29, 0.717) is 17.1 Å². The molecule has 2 N–H and O–H groups in total. The quantitative estimate of drug-likeness (QED) is 0.751. The van der Waals surface area contributed by atoms with Crippen LogP contribution >= 0.6 is 0 Å². The van der Waals surface area contributed by atoms with Gasteiger partial charge in [-0.25, -0.2) is 8.78 Å². The van der Waals surface area contributed by atoms with E-state index in [2.05, 4.69) is 10.1 Å². The summed E-state index contributed by atoms with van der Waals surface area (Å²) in [7, 11) is 0. The molecule has 4 nitrogen and oxygen atoms in total. The van der Waals surface area contributed by atoms with Crippen molar-refractivity contribution in [2.75, 3.05) is 5.73 Å². The van der Waals surface area contributed by atoms with Gasteiger partial charge in [-0.05, 0) is 36.4 Å². The van der Waals surface area contributed by atoms with Gasteiger partial charge in [0.05, 0.1) is 6.42 Å². The average Bonchev–Trinajstić information content (AvgIpc) is 2.92. The predicted molar refractivity (Wildman–Crippen MR) is 73.3 cm³/mol. The number of hydrogen-bond acceptors (Lipinski definition) is 4. The van der Waals surface area contributed by atoms with E-state index in [0.717, 1.165) is 0 Å². The Morgan fingerprint density at radius 2 is 1.67 bits per heavy atom. The van der Waals surface area contributed by atoms with Gasteiger partial charge >= 0.3 is 0 Å². The van der Waals surface area contributed by atoms with Gasteiger partial charge < -0.3 is 10.3 Å². The van der Waals surface area contributed by atoms with Crippen molar-refractivity contribution in [3.05, 3.63) is 65.6 Å². The van der Waals surface area contributed by atoms with Gasteiger partial charge in [-0.3, -0.25) is 0 Å². The van der Waals surface area contributed by atoms with Crippen LogP contribution in [0.25, 0.3) is 11.4 Å². The largest absolute Gasteiger partial charge is 0.399 e. The number of aromatic nitrogens is 2. The Morgan fingerprint density at radius 3 is 2.33 bits per heavy atom. The highest BCUT2D eigenvalue weighted by atomic mass is 19.1. The Balaban J connectivity index is 1.87. The van der Waals surface area contributed by atoms with E-state index in [1.807, 2.05) is 0 Å². The van der Waals surface area contributed by atoms with Crippen LogP contribution in [-0.2, 0) is 6.42 Å². The maximum absolute atomic E-state index is 13.6. The zero-order valence-corrected chi connectivity index (χ0v) is 10.9. The number of rotatable bonds is 3. The second kappa shape index (κ2) is 5.32. The van der Waals surface area contributed by atoms with Crippen molar-refractivity contribution in [2.45, 2.75) is 6.42 Å². The van der Waals surface area contributed by atoms with Crippen molar-refractivity contribution in [1.82, 2.24) is 10.1 Å². The molecule has 0 fully saturated rings. The van der Waals surface area contributed by atoms with Gasteiger partial charge in [0.15, 0.2) is 0 Å². The highest BCUT2D eigenvalue weighted by molar-refractivity contribution is 5.58. The minimum absolute atomic E-state index is 0.0926. The van der Waals surface area contributed by atoms with E-state index >= 15 is 0 Å². The third kappa shape index (κ3) is 2.74. The highest BCUT2D eigenvalue weighted by Gasteiger charge is 2.14. The number of nitrogens with two attached hydrogens (primary N) is 1. The highest BCUT2D eigenvalue weighted by Crippen LogP contribution is 2.20. The molecule has 1 aromatic heterocycles. The zero-order chi connectivity index (χ0) is 14.8. The summed E-state index contributed by atoms with van der Waals surface area (Å²) in [5.41, 5.74) is 6.84. The summed E-state index contributed by atoms with van der Waals surface area (Å²) in [6.07, 6.45) is -0.0967. The molecule has 106 valence electrons. The van der Waals surface area contributed by atoms with Crippen LogP contribution in [-0.4, -0.2) is 10.1 Å². The number of hydrogen-bond donors (Lipinski definition) is 1. The van der Waals surface area contributed by atoms with E-state index in [4.69, 9.17) is 10.3 Å². The maximum atomic E-state index is 13.6. The van der Waals surface area contributed by atoms with Crippen LogP contribution in [0.15, 0.2) is 47.0 Å². The van der Waals surface area contributed by atoms with Crippen LogP contribution in [0, 0.1) is 11.6 Å². The van der Waals surface area contributed by atoms with Crippen LogP contribution in [0.4, 0.5) is 14.5 Å². The Bertz CT molecular complexity index is 749. The number of benzene rings is 2. The first-order valence-electron chi connectivity index (χ1n) is 6.25. The van der Waals surface area contributed by atoms with Crippen molar-refractivity contribution >= 4 is 5.69 Å². The van der Waals surface area contributed by atoms with E-state index in [-0.39, 0.29) is 17.9 Å². The Morgan fingerprint density at radius 1 is 1.00 bits per heavy atom. The molecule has 0 unspecified atom stereocenters.